The van der Waals surface area contributed by atoms with Crippen molar-refractivity contribution in [1.29, 1.82) is 0 Å². The number of hydrogen-bond donors (Lipinski definition) is 3. The topological polar surface area (TPSA) is 117 Å². The lowest BCUT2D eigenvalue weighted by Crippen LogP contribution is -2.36. The molecule has 3 N–H and O–H groups in total. The molecular formula is C26H22Cl2N8O2. The molecule has 1 atom stereocenters. The standard InChI is InChI=1S/C26H22Cl2N8O2/c1-16-7-10-24(33-31-16)30-26(38)22(11-17-5-3-2-4-6-17)35-15-29-20(13-25(35)37)19-12-18(27)8-9-21(19)36-14-23(28)32-34-36/h2-10,12-15,22,32,34H,11H2,1H3,(H,30,33,38)/t22-/m0/s1. The van der Waals surface area contributed by atoms with Gasteiger partial charge in [-0.1, -0.05) is 53.5 Å². The highest BCUT2D eigenvalue weighted by atomic mass is 35.5. The van der Waals surface area contributed by atoms with Crippen LogP contribution >= 0.6 is 23.2 Å². The van der Waals surface area contributed by atoms with Crippen LogP contribution in [0.1, 0.15) is 17.3 Å². The van der Waals surface area contributed by atoms with Crippen molar-refractivity contribution >= 4 is 40.6 Å². The number of aromatic nitrogens is 4. The molecule has 0 unspecified atom stereocenters. The number of anilines is 2. The highest BCUT2D eigenvalue weighted by Gasteiger charge is 2.24. The molecule has 0 saturated heterocycles. The van der Waals surface area contributed by atoms with Crippen LogP contribution in [-0.2, 0) is 11.2 Å². The van der Waals surface area contributed by atoms with Gasteiger partial charge in [0.1, 0.15) is 11.2 Å². The van der Waals surface area contributed by atoms with Gasteiger partial charge in [-0.2, -0.15) is 5.10 Å². The van der Waals surface area contributed by atoms with Crippen LogP contribution in [0.2, 0.25) is 5.02 Å². The van der Waals surface area contributed by atoms with Crippen LogP contribution in [0.25, 0.3) is 11.3 Å². The van der Waals surface area contributed by atoms with Gasteiger partial charge in [0.05, 0.1) is 29.6 Å². The van der Waals surface area contributed by atoms with E-state index in [-0.39, 0.29) is 6.42 Å². The monoisotopic (exact) mass is 548 g/mol. The van der Waals surface area contributed by atoms with Crippen molar-refractivity contribution in [3.63, 3.8) is 0 Å². The van der Waals surface area contributed by atoms with Crippen LogP contribution in [0.4, 0.5) is 11.5 Å². The Hall–Kier alpha value is -4.25. The normalized spacial score (nSPS) is 13.6. The van der Waals surface area contributed by atoms with Crippen LogP contribution in [0.15, 0.2) is 89.2 Å². The third kappa shape index (κ3) is 5.67. The van der Waals surface area contributed by atoms with Crippen LogP contribution in [0, 0.1) is 6.92 Å². The summed E-state index contributed by atoms with van der Waals surface area (Å²) in [6.45, 7) is 1.80. The predicted octanol–water partition coefficient (Wildman–Crippen LogP) is 3.95. The average Bonchev–Trinajstić information content (AvgIpc) is 3.35. The molecule has 192 valence electrons. The summed E-state index contributed by atoms with van der Waals surface area (Å²) in [5.41, 5.74) is 8.52. The van der Waals surface area contributed by atoms with Crippen LogP contribution in [0.3, 0.4) is 0 Å². The molecule has 12 heteroatoms. The van der Waals surface area contributed by atoms with Crippen LogP contribution < -0.4 is 26.8 Å². The largest absolute Gasteiger partial charge is 0.307 e. The van der Waals surface area contributed by atoms with E-state index in [0.717, 1.165) is 11.3 Å². The van der Waals surface area contributed by atoms with Crippen molar-refractivity contribution in [2.45, 2.75) is 19.4 Å². The maximum atomic E-state index is 13.4. The number of rotatable bonds is 7. The lowest BCUT2D eigenvalue weighted by molar-refractivity contribution is -0.119. The Bertz CT molecular complexity index is 1560. The van der Waals surface area contributed by atoms with E-state index in [9.17, 15) is 9.59 Å². The fourth-order valence-electron chi connectivity index (χ4n) is 3.97. The molecule has 1 aliphatic heterocycles. The van der Waals surface area contributed by atoms with Gasteiger partial charge >= 0.3 is 0 Å². The first-order valence-corrected chi connectivity index (χ1v) is 12.3. The van der Waals surface area contributed by atoms with Crippen LogP contribution in [-0.4, -0.2) is 25.7 Å². The van der Waals surface area contributed by atoms with E-state index in [2.05, 4.69) is 31.5 Å². The van der Waals surface area contributed by atoms with E-state index in [1.54, 1.807) is 48.5 Å². The quantitative estimate of drug-likeness (QED) is 0.297. The van der Waals surface area contributed by atoms with Gasteiger partial charge in [0, 0.05) is 23.1 Å². The number of amides is 1. The van der Waals surface area contributed by atoms with Crippen molar-refractivity contribution in [3.8, 4) is 11.3 Å². The molecule has 5 rings (SSSR count). The van der Waals surface area contributed by atoms with E-state index in [4.69, 9.17) is 23.2 Å². The van der Waals surface area contributed by atoms with Crippen molar-refractivity contribution in [2.24, 2.45) is 0 Å². The van der Waals surface area contributed by atoms with Gasteiger partial charge in [-0.25, -0.2) is 4.98 Å². The minimum Gasteiger partial charge on any atom is -0.307 e. The van der Waals surface area contributed by atoms with Gasteiger partial charge in [0.25, 0.3) is 5.56 Å². The van der Waals surface area contributed by atoms with E-state index in [0.29, 0.717) is 32.9 Å². The van der Waals surface area contributed by atoms with E-state index in [1.807, 2.05) is 30.3 Å². The van der Waals surface area contributed by atoms with Gasteiger partial charge in [0.15, 0.2) is 5.82 Å². The number of carbonyl (C=O) groups excluding carboxylic acids is 1. The Morgan fingerprint density at radius 1 is 1.05 bits per heavy atom. The maximum Gasteiger partial charge on any atom is 0.254 e. The number of nitrogens with zero attached hydrogens (tertiary/aromatic N) is 5. The molecule has 0 saturated carbocycles. The number of halogens is 2. The molecule has 2 aromatic carbocycles. The molecule has 0 fully saturated rings. The molecule has 4 aromatic rings. The Labute approximate surface area is 227 Å². The second-order valence-corrected chi connectivity index (χ2v) is 9.36. The number of carbonyl (C=O) groups is 1. The first-order valence-electron chi connectivity index (χ1n) is 11.6. The van der Waals surface area contributed by atoms with Gasteiger partial charge in [0.2, 0.25) is 5.91 Å². The Morgan fingerprint density at radius 3 is 2.55 bits per heavy atom. The van der Waals surface area contributed by atoms with E-state index < -0.39 is 17.5 Å². The molecule has 2 aromatic heterocycles. The Kier molecular flexibility index (Phi) is 7.36. The summed E-state index contributed by atoms with van der Waals surface area (Å²) in [4.78, 5) is 31.3. The zero-order chi connectivity index (χ0) is 26.6. The van der Waals surface area contributed by atoms with Crippen molar-refractivity contribution in [1.82, 2.24) is 30.7 Å². The SMILES string of the molecule is Cc1ccc(NC(=O)[C@H](Cc2ccccc2)n2cnc(-c3cc(Cl)ccc3N3C=C(Cl)NN3)cc2=O)nn1. The molecule has 3 heterocycles. The molecule has 1 aliphatic rings. The summed E-state index contributed by atoms with van der Waals surface area (Å²) in [6.07, 6.45) is 3.28. The highest BCUT2D eigenvalue weighted by Crippen LogP contribution is 2.32. The summed E-state index contributed by atoms with van der Waals surface area (Å²) < 4.78 is 1.31. The second kappa shape index (κ2) is 11.0. The maximum absolute atomic E-state index is 13.4. The smallest absolute Gasteiger partial charge is 0.254 e. The minimum atomic E-state index is -0.889. The summed E-state index contributed by atoms with van der Waals surface area (Å²) in [6, 6.07) is 18.5. The van der Waals surface area contributed by atoms with E-state index >= 15 is 0 Å². The molecular weight excluding hydrogens is 527 g/mol. The van der Waals surface area contributed by atoms with Crippen LogP contribution in [0.5, 0.6) is 0 Å². The van der Waals surface area contributed by atoms with Crippen molar-refractivity contribution in [3.05, 3.63) is 111 Å². The first kappa shape index (κ1) is 25.4. The zero-order valence-electron chi connectivity index (χ0n) is 20.1. The predicted molar refractivity (Wildman–Crippen MR) is 146 cm³/mol. The summed E-state index contributed by atoms with van der Waals surface area (Å²) >= 11 is 12.3. The number of hydrogen-bond acceptors (Lipinski definition) is 8. The van der Waals surface area contributed by atoms with Gasteiger partial charge < -0.3 is 5.32 Å². The molecule has 38 heavy (non-hydrogen) atoms. The lowest BCUT2D eigenvalue weighted by Gasteiger charge is -2.21. The summed E-state index contributed by atoms with van der Waals surface area (Å²) in [5.74, 6) is -0.127. The molecule has 0 radical (unpaired) electrons. The average molecular weight is 549 g/mol. The third-order valence-corrected chi connectivity index (χ3v) is 6.25. The highest BCUT2D eigenvalue weighted by molar-refractivity contribution is 6.31. The third-order valence-electron chi connectivity index (χ3n) is 5.83. The summed E-state index contributed by atoms with van der Waals surface area (Å²) in [7, 11) is 0. The fraction of sp³-hybridized carbons (Fsp3) is 0.115. The number of aryl methyl sites for hydroxylation is 1. The first-order chi connectivity index (χ1) is 18.4. The molecule has 1 amide bonds. The fourth-order valence-corrected chi connectivity index (χ4v) is 4.28. The second-order valence-electron chi connectivity index (χ2n) is 8.52. The molecule has 0 aliphatic carbocycles. The number of benzene rings is 2. The minimum absolute atomic E-state index is 0.266. The number of nitrogens with one attached hydrogen (secondary N) is 3. The lowest BCUT2D eigenvalue weighted by atomic mass is 10.0. The molecule has 0 spiro atoms. The van der Waals surface area contributed by atoms with Gasteiger partial charge in [-0.05, 0) is 42.8 Å². The Morgan fingerprint density at radius 2 is 1.87 bits per heavy atom. The number of hydrazine groups is 2. The molecule has 10 nitrogen and oxygen atoms in total. The Balaban J connectivity index is 1.51. The van der Waals surface area contributed by atoms with Crippen molar-refractivity contribution < 1.29 is 4.79 Å². The van der Waals surface area contributed by atoms with Gasteiger partial charge in [-0.3, -0.25) is 24.6 Å². The van der Waals surface area contributed by atoms with Crippen molar-refractivity contribution in [2.75, 3.05) is 10.3 Å². The van der Waals surface area contributed by atoms with E-state index in [1.165, 1.54) is 17.0 Å². The van der Waals surface area contributed by atoms with Gasteiger partial charge in [-0.15, -0.1) is 10.6 Å². The summed E-state index contributed by atoms with van der Waals surface area (Å²) in [5, 5.41) is 13.3. The zero-order valence-corrected chi connectivity index (χ0v) is 21.6. The molecule has 0 bridgehead atoms.